The summed E-state index contributed by atoms with van der Waals surface area (Å²) in [5, 5.41) is 22.1. The molecule has 0 aromatic carbocycles. The molecule has 0 unspecified atom stereocenters. The van der Waals surface area contributed by atoms with Gasteiger partial charge in [0.05, 0.1) is 5.69 Å². The van der Waals surface area contributed by atoms with Crippen LogP contribution in [0.25, 0.3) is 0 Å². The maximum atomic E-state index is 12.9. The van der Waals surface area contributed by atoms with Crippen LogP contribution in [0.15, 0.2) is 23.5 Å². The number of nitrogens with zero attached hydrogens (tertiary/aromatic N) is 1. The van der Waals surface area contributed by atoms with Gasteiger partial charge in [0.1, 0.15) is 23.4 Å². The number of carboxylic acids is 1. The molecule has 0 saturated heterocycles. The predicted molar refractivity (Wildman–Crippen MR) is 92.1 cm³/mol. The summed E-state index contributed by atoms with van der Waals surface area (Å²) in [5.74, 6) is -2.34. The maximum Gasteiger partial charge on any atom is 0.322 e. The van der Waals surface area contributed by atoms with Crippen LogP contribution < -0.4 is 5.32 Å². The highest BCUT2D eigenvalue weighted by molar-refractivity contribution is 6.26. The van der Waals surface area contributed by atoms with E-state index in [0.717, 1.165) is 37.8 Å². The molecular weight excluding hydrogens is 336 g/mol. The second-order valence-corrected chi connectivity index (χ2v) is 7.47. The topological polar surface area (TPSA) is 109 Å². The number of carbonyl (C=O) groups is 3. The number of ketones is 1. The average molecular weight is 358 g/mol. The quantitative estimate of drug-likeness (QED) is 0.715. The van der Waals surface area contributed by atoms with Gasteiger partial charge in [0.25, 0.3) is 5.91 Å². The van der Waals surface area contributed by atoms with E-state index in [2.05, 4.69) is 5.32 Å². The highest BCUT2D eigenvalue weighted by atomic mass is 16.4. The van der Waals surface area contributed by atoms with E-state index >= 15 is 0 Å². The minimum atomic E-state index is -1.20. The molecule has 0 atom stereocenters. The average Bonchev–Trinajstić information content (AvgIpc) is 3.37. The summed E-state index contributed by atoms with van der Waals surface area (Å²) in [5.41, 5.74) is 0.415. The number of hydrogen-bond acceptors (Lipinski definition) is 4. The van der Waals surface area contributed by atoms with Gasteiger partial charge in [0, 0.05) is 5.69 Å². The van der Waals surface area contributed by atoms with E-state index in [4.69, 9.17) is 5.11 Å². The molecule has 2 heterocycles. The highest BCUT2D eigenvalue weighted by Gasteiger charge is 2.50. The molecule has 7 heteroatoms. The van der Waals surface area contributed by atoms with Gasteiger partial charge in [-0.1, -0.05) is 19.3 Å². The van der Waals surface area contributed by atoms with Gasteiger partial charge in [0.2, 0.25) is 5.78 Å². The SMILES string of the molecule is O=C(O)CNC(=O)C1=C(O)C2(CCCCC2)n2c(ccc2C2CC2)C1=O. The number of amides is 1. The van der Waals surface area contributed by atoms with Crippen molar-refractivity contribution in [3.05, 3.63) is 34.9 Å². The monoisotopic (exact) mass is 358 g/mol. The molecule has 1 spiro atoms. The molecular formula is C19H22N2O5. The fraction of sp³-hybridized carbons (Fsp3) is 0.526. The van der Waals surface area contributed by atoms with Crippen molar-refractivity contribution in [2.75, 3.05) is 6.54 Å². The van der Waals surface area contributed by atoms with Crippen LogP contribution in [0.4, 0.5) is 0 Å². The van der Waals surface area contributed by atoms with Gasteiger partial charge in [-0.05, 0) is 43.7 Å². The Kier molecular flexibility index (Phi) is 3.89. The Hall–Kier alpha value is -2.57. The molecule has 1 aromatic rings. The Balaban J connectivity index is 1.83. The van der Waals surface area contributed by atoms with Gasteiger partial charge in [-0.25, -0.2) is 0 Å². The smallest absolute Gasteiger partial charge is 0.322 e. The number of carboxylic acid groups (broad SMARTS) is 1. The lowest BCUT2D eigenvalue weighted by Gasteiger charge is -2.43. The molecule has 4 rings (SSSR count). The van der Waals surface area contributed by atoms with Crippen LogP contribution in [-0.4, -0.2) is 39.0 Å². The fourth-order valence-electron chi connectivity index (χ4n) is 4.43. The molecule has 3 N–H and O–H groups in total. The zero-order valence-corrected chi connectivity index (χ0v) is 14.5. The number of aromatic nitrogens is 1. The first-order valence-corrected chi connectivity index (χ1v) is 9.16. The van der Waals surface area contributed by atoms with Crippen molar-refractivity contribution in [2.24, 2.45) is 0 Å². The van der Waals surface area contributed by atoms with E-state index in [1.165, 1.54) is 0 Å². The van der Waals surface area contributed by atoms with Crippen LogP contribution in [0.3, 0.4) is 0 Å². The molecule has 0 radical (unpaired) electrons. The number of Topliss-reactive ketones (excluding diaryl/α,β-unsaturated/α-hetero) is 1. The summed E-state index contributed by atoms with van der Waals surface area (Å²) in [4.78, 5) is 36.2. The minimum Gasteiger partial charge on any atom is -0.509 e. The van der Waals surface area contributed by atoms with Crippen molar-refractivity contribution in [2.45, 2.75) is 56.4 Å². The van der Waals surface area contributed by atoms with E-state index in [9.17, 15) is 19.5 Å². The molecule has 2 aliphatic carbocycles. The standard InChI is InChI=1S/C19H22N2O5/c22-14(23)10-20-18(26)15-16(24)13-7-6-12(11-4-5-11)21(13)19(17(15)25)8-2-1-3-9-19/h6-7,11,25H,1-5,8-10H2,(H,20,26)(H,22,23). The molecule has 0 bridgehead atoms. The molecule has 1 aliphatic heterocycles. The van der Waals surface area contributed by atoms with Crippen molar-refractivity contribution in [3.8, 4) is 0 Å². The normalized spacial score (nSPS) is 21.6. The van der Waals surface area contributed by atoms with Gasteiger partial charge in [-0.3, -0.25) is 14.4 Å². The second-order valence-electron chi connectivity index (χ2n) is 7.47. The number of aliphatic hydroxyl groups is 1. The van der Waals surface area contributed by atoms with E-state index in [0.29, 0.717) is 24.5 Å². The van der Waals surface area contributed by atoms with Crippen molar-refractivity contribution in [3.63, 3.8) is 0 Å². The number of hydrogen-bond donors (Lipinski definition) is 3. The molecule has 3 aliphatic rings. The highest BCUT2D eigenvalue weighted by Crippen LogP contribution is 2.50. The van der Waals surface area contributed by atoms with Gasteiger partial charge >= 0.3 is 5.97 Å². The molecule has 2 saturated carbocycles. The first kappa shape index (κ1) is 16.9. The Morgan fingerprint density at radius 3 is 2.50 bits per heavy atom. The van der Waals surface area contributed by atoms with E-state index < -0.39 is 29.7 Å². The lowest BCUT2D eigenvalue weighted by Crippen LogP contribution is -2.47. The van der Waals surface area contributed by atoms with E-state index in [1.54, 1.807) is 6.07 Å². The Morgan fingerprint density at radius 2 is 1.88 bits per heavy atom. The Morgan fingerprint density at radius 1 is 1.19 bits per heavy atom. The summed E-state index contributed by atoms with van der Waals surface area (Å²) >= 11 is 0. The van der Waals surface area contributed by atoms with Crippen molar-refractivity contribution < 1.29 is 24.6 Å². The van der Waals surface area contributed by atoms with Gasteiger partial charge in [0.15, 0.2) is 0 Å². The molecule has 2 fully saturated rings. The lowest BCUT2D eigenvalue weighted by molar-refractivity contribution is -0.137. The molecule has 1 amide bonds. The fourth-order valence-corrected chi connectivity index (χ4v) is 4.43. The van der Waals surface area contributed by atoms with Crippen LogP contribution >= 0.6 is 0 Å². The summed E-state index contributed by atoms with van der Waals surface area (Å²) in [6.45, 7) is -0.593. The first-order valence-electron chi connectivity index (χ1n) is 9.16. The molecule has 26 heavy (non-hydrogen) atoms. The summed E-state index contributed by atoms with van der Waals surface area (Å²) in [6, 6.07) is 3.68. The van der Waals surface area contributed by atoms with Crippen LogP contribution in [0.5, 0.6) is 0 Å². The third-order valence-electron chi connectivity index (χ3n) is 5.78. The first-order chi connectivity index (χ1) is 12.5. The number of nitrogens with one attached hydrogen (secondary N) is 1. The van der Waals surface area contributed by atoms with Crippen molar-refractivity contribution >= 4 is 17.7 Å². The summed E-state index contributed by atoms with van der Waals surface area (Å²) in [6.07, 6.45) is 6.35. The predicted octanol–water partition coefficient (Wildman–Crippen LogP) is 2.23. The summed E-state index contributed by atoms with van der Waals surface area (Å²) < 4.78 is 1.98. The van der Waals surface area contributed by atoms with E-state index in [1.807, 2.05) is 10.6 Å². The van der Waals surface area contributed by atoms with Crippen LogP contribution in [0, 0.1) is 0 Å². The van der Waals surface area contributed by atoms with Crippen LogP contribution in [-0.2, 0) is 15.1 Å². The third kappa shape index (κ3) is 2.45. The van der Waals surface area contributed by atoms with Gasteiger partial charge in [-0.2, -0.15) is 0 Å². The number of aliphatic carboxylic acids is 1. The molecule has 138 valence electrons. The Bertz CT molecular complexity index is 825. The largest absolute Gasteiger partial charge is 0.509 e. The van der Waals surface area contributed by atoms with Crippen molar-refractivity contribution in [1.82, 2.24) is 9.88 Å². The van der Waals surface area contributed by atoms with Gasteiger partial charge < -0.3 is 20.1 Å². The number of carbonyl (C=O) groups excluding carboxylic acids is 2. The van der Waals surface area contributed by atoms with Crippen LogP contribution in [0.2, 0.25) is 0 Å². The van der Waals surface area contributed by atoms with Gasteiger partial charge in [-0.15, -0.1) is 0 Å². The lowest BCUT2D eigenvalue weighted by atomic mass is 9.75. The zero-order valence-electron chi connectivity index (χ0n) is 14.5. The van der Waals surface area contributed by atoms with Crippen molar-refractivity contribution in [1.29, 1.82) is 0 Å². The number of allylic oxidation sites excluding steroid dienone is 1. The zero-order chi connectivity index (χ0) is 18.5. The number of rotatable bonds is 4. The molecule has 7 nitrogen and oxygen atoms in total. The number of fused-ring (bicyclic) bond motifs is 2. The Labute approximate surface area is 150 Å². The minimum absolute atomic E-state index is 0.198. The molecule has 1 aromatic heterocycles. The maximum absolute atomic E-state index is 12.9. The third-order valence-corrected chi connectivity index (χ3v) is 5.78. The van der Waals surface area contributed by atoms with E-state index in [-0.39, 0.29) is 11.3 Å². The summed E-state index contributed by atoms with van der Waals surface area (Å²) in [7, 11) is 0. The van der Waals surface area contributed by atoms with Crippen LogP contribution in [0.1, 0.15) is 67.0 Å². The second kappa shape index (κ2) is 6.00. The number of aliphatic hydroxyl groups excluding tert-OH is 1.